The van der Waals surface area contributed by atoms with Gasteiger partial charge in [0, 0.05) is 25.0 Å². The molecule has 7 heteroatoms. The van der Waals surface area contributed by atoms with Crippen molar-refractivity contribution in [3.8, 4) is 0 Å². The monoisotopic (exact) mass is 292 g/mol. The maximum Gasteiger partial charge on any atom is 0.233 e. The van der Waals surface area contributed by atoms with Gasteiger partial charge in [-0.2, -0.15) is 26.3 Å². The van der Waals surface area contributed by atoms with Crippen LogP contribution in [-0.4, -0.2) is 34.6 Å². The molecule has 0 aromatic carbocycles. The molecular formula is C13H20N6S. The van der Waals surface area contributed by atoms with Crippen LogP contribution in [0.5, 0.6) is 0 Å². The molecule has 0 unspecified atom stereocenters. The highest BCUT2D eigenvalue weighted by Gasteiger charge is 2.11. The Morgan fingerprint density at radius 2 is 1.85 bits per heavy atom. The molecule has 0 saturated carbocycles. The van der Waals surface area contributed by atoms with Crippen LogP contribution in [-0.2, 0) is 0 Å². The van der Waals surface area contributed by atoms with Gasteiger partial charge in [-0.1, -0.05) is 0 Å². The second kappa shape index (κ2) is 7.04. The van der Waals surface area contributed by atoms with E-state index in [1.165, 1.54) is 0 Å². The van der Waals surface area contributed by atoms with Gasteiger partial charge in [0.25, 0.3) is 0 Å². The van der Waals surface area contributed by atoms with Crippen LogP contribution in [0.2, 0.25) is 0 Å². The lowest BCUT2D eigenvalue weighted by Crippen LogP contribution is -2.25. The first-order chi connectivity index (χ1) is 9.76. The third kappa shape index (κ3) is 3.57. The molecule has 0 spiro atoms. The number of hydrogen-bond acceptors (Lipinski definition) is 7. The van der Waals surface area contributed by atoms with Gasteiger partial charge in [0.1, 0.15) is 0 Å². The fraction of sp³-hybridized carbons (Fsp3) is 0.462. The molecule has 2 aromatic heterocycles. The van der Waals surface area contributed by atoms with E-state index in [-0.39, 0.29) is 0 Å². The van der Waals surface area contributed by atoms with Crippen molar-refractivity contribution in [1.29, 1.82) is 0 Å². The average molecular weight is 292 g/mol. The molecule has 0 aliphatic heterocycles. The summed E-state index contributed by atoms with van der Waals surface area (Å²) in [5, 5.41) is 10.4. The molecule has 2 rings (SSSR count). The zero-order valence-electron chi connectivity index (χ0n) is 12.1. The van der Waals surface area contributed by atoms with E-state index in [0.717, 1.165) is 25.3 Å². The quantitative estimate of drug-likeness (QED) is 0.818. The predicted octanol–water partition coefficient (Wildman–Crippen LogP) is 2.95. The van der Waals surface area contributed by atoms with E-state index in [1.54, 1.807) is 11.3 Å². The van der Waals surface area contributed by atoms with E-state index < -0.39 is 0 Å². The molecule has 6 nitrogen and oxygen atoms in total. The SMILES string of the molecule is CCNc1nc(Nc2ccsc2)nc(N(CC)CC)n1. The van der Waals surface area contributed by atoms with Crippen LogP contribution in [0.15, 0.2) is 16.8 Å². The van der Waals surface area contributed by atoms with Gasteiger partial charge in [-0.05, 0) is 32.2 Å². The third-order valence-electron chi connectivity index (χ3n) is 2.78. The van der Waals surface area contributed by atoms with Crippen LogP contribution >= 0.6 is 11.3 Å². The van der Waals surface area contributed by atoms with E-state index >= 15 is 0 Å². The van der Waals surface area contributed by atoms with Crippen LogP contribution in [0.4, 0.5) is 23.5 Å². The molecule has 0 aliphatic carbocycles. The van der Waals surface area contributed by atoms with Crippen LogP contribution in [0.25, 0.3) is 0 Å². The van der Waals surface area contributed by atoms with Gasteiger partial charge >= 0.3 is 0 Å². The fourth-order valence-electron chi connectivity index (χ4n) is 1.77. The summed E-state index contributed by atoms with van der Waals surface area (Å²) in [6.45, 7) is 8.71. The summed E-state index contributed by atoms with van der Waals surface area (Å²) in [6.07, 6.45) is 0. The first-order valence-electron chi connectivity index (χ1n) is 6.80. The average Bonchev–Trinajstić information content (AvgIpc) is 2.93. The Kier molecular flexibility index (Phi) is 5.11. The Hall–Kier alpha value is -1.89. The first-order valence-corrected chi connectivity index (χ1v) is 7.75. The van der Waals surface area contributed by atoms with Gasteiger partial charge in [0.2, 0.25) is 17.8 Å². The third-order valence-corrected chi connectivity index (χ3v) is 3.47. The lowest BCUT2D eigenvalue weighted by molar-refractivity contribution is 0.814. The van der Waals surface area contributed by atoms with Gasteiger partial charge in [0.15, 0.2) is 0 Å². The zero-order chi connectivity index (χ0) is 14.4. The van der Waals surface area contributed by atoms with Crippen molar-refractivity contribution >= 4 is 34.9 Å². The minimum Gasteiger partial charge on any atom is -0.354 e. The summed E-state index contributed by atoms with van der Waals surface area (Å²) in [5.74, 6) is 1.86. The van der Waals surface area contributed by atoms with Crippen molar-refractivity contribution in [1.82, 2.24) is 15.0 Å². The Bertz CT molecular complexity index is 524. The van der Waals surface area contributed by atoms with Gasteiger partial charge in [0.05, 0.1) is 5.69 Å². The first kappa shape index (κ1) is 14.5. The second-order valence-electron chi connectivity index (χ2n) is 4.12. The van der Waals surface area contributed by atoms with Crippen molar-refractivity contribution in [3.05, 3.63) is 16.8 Å². The van der Waals surface area contributed by atoms with Crippen molar-refractivity contribution in [2.75, 3.05) is 35.2 Å². The van der Waals surface area contributed by atoms with Crippen molar-refractivity contribution in [2.45, 2.75) is 20.8 Å². The molecule has 2 heterocycles. The Labute approximate surface area is 123 Å². The summed E-state index contributed by atoms with van der Waals surface area (Å²) >= 11 is 1.63. The lowest BCUT2D eigenvalue weighted by atomic mass is 10.5. The minimum absolute atomic E-state index is 0.566. The molecule has 20 heavy (non-hydrogen) atoms. The molecule has 108 valence electrons. The Balaban J connectivity index is 2.29. The van der Waals surface area contributed by atoms with Crippen molar-refractivity contribution in [2.24, 2.45) is 0 Å². The Morgan fingerprint density at radius 3 is 2.45 bits per heavy atom. The van der Waals surface area contributed by atoms with Crippen LogP contribution < -0.4 is 15.5 Å². The minimum atomic E-state index is 0.566. The fourth-order valence-corrected chi connectivity index (χ4v) is 2.36. The molecule has 0 amide bonds. The van der Waals surface area contributed by atoms with Gasteiger partial charge < -0.3 is 15.5 Å². The molecule has 2 N–H and O–H groups in total. The molecule has 0 fully saturated rings. The Morgan fingerprint density at radius 1 is 1.10 bits per heavy atom. The number of rotatable bonds is 7. The summed E-state index contributed by atoms with van der Waals surface area (Å²) in [6, 6.07) is 2.00. The molecule has 0 saturated heterocycles. The normalized spacial score (nSPS) is 10.3. The van der Waals surface area contributed by atoms with Crippen LogP contribution in [0.3, 0.4) is 0 Å². The van der Waals surface area contributed by atoms with Gasteiger partial charge in [-0.3, -0.25) is 0 Å². The topological polar surface area (TPSA) is 66.0 Å². The van der Waals surface area contributed by atoms with E-state index in [4.69, 9.17) is 0 Å². The van der Waals surface area contributed by atoms with Crippen LogP contribution in [0, 0.1) is 0 Å². The molecule has 2 aromatic rings. The standard InChI is InChI=1S/C13H20N6S/c1-4-14-11-16-12(15-10-7-8-20-9-10)18-13(17-11)19(5-2)6-3/h7-9H,4-6H2,1-3H3,(H2,14,15,16,17,18). The largest absolute Gasteiger partial charge is 0.354 e. The van der Waals surface area contributed by atoms with Crippen molar-refractivity contribution < 1.29 is 0 Å². The van der Waals surface area contributed by atoms with Crippen molar-refractivity contribution in [3.63, 3.8) is 0 Å². The number of hydrogen-bond donors (Lipinski definition) is 2. The number of nitrogens with one attached hydrogen (secondary N) is 2. The molecule has 0 bridgehead atoms. The highest BCUT2D eigenvalue weighted by Crippen LogP contribution is 2.19. The smallest absolute Gasteiger partial charge is 0.233 e. The molecule has 0 atom stereocenters. The van der Waals surface area contributed by atoms with Crippen LogP contribution in [0.1, 0.15) is 20.8 Å². The predicted molar refractivity (Wildman–Crippen MR) is 85.2 cm³/mol. The van der Waals surface area contributed by atoms with E-state index in [0.29, 0.717) is 17.8 Å². The number of aromatic nitrogens is 3. The number of thiophene rings is 1. The highest BCUT2D eigenvalue weighted by molar-refractivity contribution is 7.08. The summed E-state index contributed by atoms with van der Waals surface area (Å²) in [4.78, 5) is 15.4. The molecule has 0 aliphatic rings. The summed E-state index contributed by atoms with van der Waals surface area (Å²) in [7, 11) is 0. The lowest BCUT2D eigenvalue weighted by Gasteiger charge is -2.19. The maximum absolute atomic E-state index is 4.49. The summed E-state index contributed by atoms with van der Waals surface area (Å²) in [5.41, 5.74) is 0.995. The zero-order valence-corrected chi connectivity index (χ0v) is 12.9. The number of nitrogens with zero attached hydrogens (tertiary/aromatic N) is 4. The van der Waals surface area contributed by atoms with E-state index in [9.17, 15) is 0 Å². The highest BCUT2D eigenvalue weighted by atomic mass is 32.1. The van der Waals surface area contributed by atoms with E-state index in [1.807, 2.05) is 23.8 Å². The second-order valence-corrected chi connectivity index (χ2v) is 4.90. The molecular weight excluding hydrogens is 272 g/mol. The maximum atomic E-state index is 4.49. The van der Waals surface area contributed by atoms with Gasteiger partial charge in [-0.25, -0.2) is 0 Å². The number of anilines is 4. The summed E-state index contributed by atoms with van der Waals surface area (Å²) < 4.78 is 0. The van der Waals surface area contributed by atoms with E-state index in [2.05, 4.69) is 44.3 Å². The van der Waals surface area contributed by atoms with Gasteiger partial charge in [-0.15, -0.1) is 0 Å². The molecule has 0 radical (unpaired) electrons.